The molecule has 0 bridgehead atoms. The van der Waals surface area contributed by atoms with Crippen molar-refractivity contribution in [1.82, 2.24) is 19.5 Å². The molecule has 0 aliphatic carbocycles. The van der Waals surface area contributed by atoms with Gasteiger partial charge in [0.15, 0.2) is 11.1 Å². The van der Waals surface area contributed by atoms with Gasteiger partial charge >= 0.3 is 0 Å². The maximum absolute atomic E-state index is 11.3. The minimum Gasteiger partial charge on any atom is -0.340 e. The van der Waals surface area contributed by atoms with Crippen molar-refractivity contribution < 1.29 is 8.42 Å². The van der Waals surface area contributed by atoms with Gasteiger partial charge in [0, 0.05) is 15.6 Å². The minimum absolute atomic E-state index is 0.0569. The molecular weight excluding hydrogens is 361 g/mol. The summed E-state index contributed by atoms with van der Waals surface area (Å²) in [4.78, 5) is 11.1. The van der Waals surface area contributed by atoms with Crippen LogP contribution in [-0.2, 0) is 16.6 Å². The molecule has 2 aromatic heterocycles. The quantitative estimate of drug-likeness (QED) is 0.761. The number of imidazole rings is 1. The van der Waals surface area contributed by atoms with Gasteiger partial charge in [-0.2, -0.15) is 0 Å². The summed E-state index contributed by atoms with van der Waals surface area (Å²) < 4.78 is 28.0. The summed E-state index contributed by atoms with van der Waals surface area (Å²) in [6.45, 7) is 0.339. The normalized spacial score (nSPS) is 12.9. The monoisotopic (exact) mass is 371 g/mol. The van der Waals surface area contributed by atoms with E-state index in [0.29, 0.717) is 27.8 Å². The van der Waals surface area contributed by atoms with Crippen molar-refractivity contribution in [2.24, 2.45) is 4.40 Å². The van der Waals surface area contributed by atoms with Crippen LogP contribution >= 0.6 is 23.2 Å². The number of nitrogens with one attached hydrogen (secondary N) is 1. The van der Waals surface area contributed by atoms with E-state index in [1.54, 1.807) is 22.8 Å². The second-order valence-corrected chi connectivity index (χ2v) is 7.28. The highest BCUT2D eigenvalue weighted by molar-refractivity contribution is 7.89. The van der Waals surface area contributed by atoms with Crippen LogP contribution in [0, 0.1) is 0 Å². The Kier molecular flexibility index (Phi) is 4.13. The summed E-state index contributed by atoms with van der Waals surface area (Å²) in [6.07, 6.45) is 3.90. The topological polar surface area (TPSA) is 93.0 Å². The van der Waals surface area contributed by atoms with Gasteiger partial charge in [-0.1, -0.05) is 29.3 Å². The number of rotatable bonds is 3. The Morgan fingerprint density at radius 3 is 2.61 bits per heavy atom. The highest BCUT2D eigenvalue weighted by Gasteiger charge is 2.11. The van der Waals surface area contributed by atoms with Crippen LogP contribution in [0.2, 0.25) is 10.0 Å². The van der Waals surface area contributed by atoms with E-state index in [4.69, 9.17) is 23.2 Å². The van der Waals surface area contributed by atoms with E-state index in [1.165, 1.54) is 12.7 Å². The van der Waals surface area contributed by atoms with Crippen LogP contribution in [0.4, 0.5) is 0 Å². The molecule has 0 fully saturated rings. The van der Waals surface area contributed by atoms with Gasteiger partial charge in [-0.25, -0.2) is 18.4 Å². The summed E-state index contributed by atoms with van der Waals surface area (Å²) >= 11 is 12.4. The fourth-order valence-corrected chi connectivity index (χ4v) is 3.08. The molecule has 3 aromatic rings. The third kappa shape index (κ3) is 3.39. The van der Waals surface area contributed by atoms with Crippen molar-refractivity contribution in [1.29, 1.82) is 0 Å². The maximum atomic E-state index is 11.3. The largest absolute Gasteiger partial charge is 0.340 e. The Labute approximate surface area is 141 Å². The molecule has 0 amide bonds. The fourth-order valence-electron chi connectivity index (χ4n) is 2.11. The maximum Gasteiger partial charge on any atom is 0.252 e. The van der Waals surface area contributed by atoms with Crippen LogP contribution in [0.25, 0.3) is 11.2 Å². The molecule has 3 rings (SSSR count). The van der Waals surface area contributed by atoms with Gasteiger partial charge in [-0.15, -0.1) is 4.40 Å². The number of benzene rings is 1. The Hall–Kier alpha value is -1.90. The lowest BCUT2D eigenvalue weighted by Crippen LogP contribution is -2.16. The number of halogens is 2. The van der Waals surface area contributed by atoms with Gasteiger partial charge in [-0.05, 0) is 12.1 Å². The Morgan fingerprint density at radius 1 is 1.26 bits per heavy atom. The molecule has 1 N–H and O–H groups in total. The van der Waals surface area contributed by atoms with E-state index >= 15 is 0 Å². The molecule has 0 saturated carbocycles. The van der Waals surface area contributed by atoms with Crippen molar-refractivity contribution in [2.75, 3.05) is 6.26 Å². The van der Waals surface area contributed by atoms with Crippen LogP contribution in [0.3, 0.4) is 0 Å². The van der Waals surface area contributed by atoms with Crippen molar-refractivity contribution in [2.45, 2.75) is 6.54 Å². The van der Waals surface area contributed by atoms with E-state index in [2.05, 4.69) is 19.3 Å². The summed E-state index contributed by atoms with van der Waals surface area (Å²) in [5.41, 5.74) is 1.70. The second-order valence-electron chi connectivity index (χ2n) is 4.82. The van der Waals surface area contributed by atoms with E-state index in [1.807, 2.05) is 0 Å². The van der Waals surface area contributed by atoms with Crippen LogP contribution in [0.1, 0.15) is 5.56 Å². The van der Waals surface area contributed by atoms with Gasteiger partial charge in [-0.3, -0.25) is 0 Å². The van der Waals surface area contributed by atoms with E-state index < -0.39 is 10.0 Å². The number of sulfonamides is 1. The number of nitrogens with zero attached hydrogens (tertiary/aromatic N) is 4. The third-order valence-corrected chi connectivity index (χ3v) is 4.29. The molecule has 10 heteroatoms. The van der Waals surface area contributed by atoms with Gasteiger partial charge in [0.1, 0.15) is 5.52 Å². The zero-order valence-corrected chi connectivity index (χ0v) is 14.2. The first kappa shape index (κ1) is 16.0. The molecule has 0 saturated heterocycles. The Balaban J connectivity index is 2.17. The predicted octanol–water partition coefficient (Wildman–Crippen LogP) is 1.97. The van der Waals surface area contributed by atoms with E-state index in [-0.39, 0.29) is 5.49 Å². The molecule has 2 heterocycles. The number of hydrogen-bond donors (Lipinski definition) is 1. The smallest absolute Gasteiger partial charge is 0.252 e. The van der Waals surface area contributed by atoms with Gasteiger partial charge in [0.25, 0.3) is 10.0 Å². The summed E-state index contributed by atoms with van der Waals surface area (Å²) in [5.74, 6) is 0. The van der Waals surface area contributed by atoms with E-state index in [9.17, 15) is 8.42 Å². The average molecular weight is 372 g/mol. The molecule has 1 aromatic carbocycles. The van der Waals surface area contributed by atoms with Crippen molar-refractivity contribution in [3.8, 4) is 0 Å². The molecule has 0 spiro atoms. The highest BCUT2D eigenvalue weighted by Crippen LogP contribution is 2.25. The van der Waals surface area contributed by atoms with Crippen molar-refractivity contribution in [3.05, 3.63) is 52.0 Å². The SMILES string of the molecule is CS(=O)(=O)/N=c1/ncn(Cc2c(Cl)cccc2Cl)c2nc[nH]c12. The van der Waals surface area contributed by atoms with Gasteiger partial charge < -0.3 is 9.55 Å². The van der Waals surface area contributed by atoms with Crippen LogP contribution in [0.15, 0.2) is 35.3 Å². The molecule has 120 valence electrons. The molecular formula is C13H11Cl2N5O2S. The van der Waals surface area contributed by atoms with Crippen LogP contribution in [-0.4, -0.2) is 34.2 Å². The number of hydrogen-bond acceptors (Lipinski definition) is 4. The predicted molar refractivity (Wildman–Crippen MR) is 87.8 cm³/mol. The summed E-state index contributed by atoms with van der Waals surface area (Å²) in [6, 6.07) is 5.24. The minimum atomic E-state index is -3.57. The molecule has 0 atom stereocenters. The molecule has 23 heavy (non-hydrogen) atoms. The van der Waals surface area contributed by atoms with Gasteiger partial charge in [0.2, 0.25) is 0 Å². The molecule has 0 aliphatic heterocycles. The van der Waals surface area contributed by atoms with Gasteiger partial charge in [0.05, 0.1) is 25.5 Å². The fraction of sp³-hybridized carbons (Fsp3) is 0.154. The number of aromatic amines is 1. The lowest BCUT2D eigenvalue weighted by molar-refractivity contribution is 0.602. The highest BCUT2D eigenvalue weighted by atomic mass is 35.5. The van der Waals surface area contributed by atoms with E-state index in [0.717, 1.165) is 11.8 Å². The van der Waals surface area contributed by atoms with Crippen molar-refractivity contribution >= 4 is 44.4 Å². The van der Waals surface area contributed by atoms with Crippen LogP contribution in [0.5, 0.6) is 0 Å². The third-order valence-electron chi connectivity index (χ3n) is 3.08. The lowest BCUT2D eigenvalue weighted by Gasteiger charge is -2.10. The standard InChI is InChI=1S/C13H11Cl2N5O2S/c1-23(21,22)19-12-11-13(17-6-16-11)20(7-18-12)5-8-9(14)3-2-4-10(8)15/h2-4,6-7H,5H2,1H3,(H,16,17)/b19-12+. The molecule has 0 aliphatic rings. The number of aromatic nitrogens is 4. The molecule has 0 unspecified atom stereocenters. The number of fused-ring (bicyclic) bond motifs is 1. The summed E-state index contributed by atoms with van der Waals surface area (Å²) in [5, 5.41) is 1.05. The first-order valence-corrected chi connectivity index (χ1v) is 9.03. The lowest BCUT2D eigenvalue weighted by atomic mass is 10.2. The Bertz CT molecular complexity index is 1040. The zero-order valence-electron chi connectivity index (χ0n) is 11.9. The number of H-pyrrole nitrogens is 1. The zero-order chi connectivity index (χ0) is 16.6. The molecule has 0 radical (unpaired) electrons. The first-order chi connectivity index (χ1) is 10.8. The average Bonchev–Trinajstić information content (AvgIpc) is 2.93. The van der Waals surface area contributed by atoms with Crippen molar-refractivity contribution in [3.63, 3.8) is 0 Å². The summed E-state index contributed by atoms with van der Waals surface area (Å²) in [7, 11) is -3.57. The Morgan fingerprint density at radius 2 is 1.96 bits per heavy atom. The second kappa shape index (κ2) is 5.95. The first-order valence-electron chi connectivity index (χ1n) is 6.42. The van der Waals surface area contributed by atoms with Crippen LogP contribution < -0.4 is 5.49 Å². The molecule has 7 nitrogen and oxygen atoms in total.